The summed E-state index contributed by atoms with van der Waals surface area (Å²) in [5.74, 6) is 1.06. The molecule has 0 aliphatic heterocycles. The van der Waals surface area contributed by atoms with Gasteiger partial charge < -0.3 is 11.1 Å². The molecule has 0 spiro atoms. The molecule has 0 radical (unpaired) electrons. The number of hydrogen-bond donors (Lipinski definition) is 2. The second-order valence-corrected chi connectivity index (χ2v) is 6.30. The highest BCUT2D eigenvalue weighted by Crippen LogP contribution is 2.32. The van der Waals surface area contributed by atoms with Crippen molar-refractivity contribution in [3.05, 3.63) is 35.4 Å². The molecule has 2 aliphatic carbocycles. The zero-order valence-electron chi connectivity index (χ0n) is 12.4. The van der Waals surface area contributed by atoms with E-state index < -0.39 is 0 Å². The maximum absolute atomic E-state index is 12.0. The van der Waals surface area contributed by atoms with E-state index in [0.29, 0.717) is 18.3 Å². The average Bonchev–Trinajstić information content (AvgIpc) is 3.04. The summed E-state index contributed by atoms with van der Waals surface area (Å²) in [6.07, 6.45) is 6.27. The van der Waals surface area contributed by atoms with Crippen molar-refractivity contribution in [2.45, 2.75) is 50.5 Å². The predicted octanol–water partition coefficient (Wildman–Crippen LogP) is 2.77. The first-order valence-corrected chi connectivity index (χ1v) is 7.84. The topological polar surface area (TPSA) is 55.1 Å². The minimum absolute atomic E-state index is 0. The lowest BCUT2D eigenvalue weighted by atomic mass is 9.99. The lowest BCUT2D eigenvalue weighted by Gasteiger charge is -2.17. The molecule has 0 saturated heterocycles. The SMILES string of the molecule is Cl.N[C@@H]1CCC[C@H]1CC(=O)NCC1CCc2ccccc21. The monoisotopic (exact) mass is 308 g/mol. The summed E-state index contributed by atoms with van der Waals surface area (Å²) in [6, 6.07) is 8.83. The fourth-order valence-corrected chi connectivity index (χ4v) is 3.72. The van der Waals surface area contributed by atoms with Crippen LogP contribution in [0.1, 0.15) is 49.1 Å². The summed E-state index contributed by atoms with van der Waals surface area (Å²) in [7, 11) is 0. The van der Waals surface area contributed by atoms with Gasteiger partial charge in [0, 0.05) is 24.9 Å². The molecule has 3 rings (SSSR count). The van der Waals surface area contributed by atoms with E-state index in [1.54, 1.807) is 0 Å². The van der Waals surface area contributed by atoms with Gasteiger partial charge in [0.1, 0.15) is 0 Å². The van der Waals surface area contributed by atoms with Crippen LogP contribution in [0.5, 0.6) is 0 Å². The number of benzene rings is 1. The van der Waals surface area contributed by atoms with Crippen molar-refractivity contribution in [3.8, 4) is 0 Å². The average molecular weight is 309 g/mol. The van der Waals surface area contributed by atoms with Gasteiger partial charge in [0.05, 0.1) is 0 Å². The second-order valence-electron chi connectivity index (χ2n) is 6.30. The summed E-state index contributed by atoms with van der Waals surface area (Å²) in [5, 5.41) is 3.12. The van der Waals surface area contributed by atoms with E-state index >= 15 is 0 Å². The normalized spacial score (nSPS) is 27.0. The van der Waals surface area contributed by atoms with Crippen LogP contribution in [-0.4, -0.2) is 18.5 Å². The smallest absolute Gasteiger partial charge is 0.220 e. The van der Waals surface area contributed by atoms with Crippen molar-refractivity contribution in [1.29, 1.82) is 0 Å². The number of amides is 1. The molecule has 1 fully saturated rings. The maximum atomic E-state index is 12.0. The first-order valence-electron chi connectivity index (χ1n) is 7.84. The van der Waals surface area contributed by atoms with Crippen LogP contribution >= 0.6 is 12.4 Å². The lowest BCUT2D eigenvalue weighted by molar-refractivity contribution is -0.122. The van der Waals surface area contributed by atoms with Crippen molar-refractivity contribution in [3.63, 3.8) is 0 Å². The molecule has 1 saturated carbocycles. The highest BCUT2D eigenvalue weighted by Gasteiger charge is 2.27. The summed E-state index contributed by atoms with van der Waals surface area (Å²) in [6.45, 7) is 0.776. The molecular weight excluding hydrogens is 284 g/mol. The van der Waals surface area contributed by atoms with Crippen LogP contribution < -0.4 is 11.1 Å². The minimum Gasteiger partial charge on any atom is -0.355 e. The second kappa shape index (κ2) is 7.28. The fraction of sp³-hybridized carbons (Fsp3) is 0.588. The van der Waals surface area contributed by atoms with E-state index in [-0.39, 0.29) is 24.4 Å². The third-order valence-electron chi connectivity index (χ3n) is 4.97. The molecular formula is C17H25ClN2O. The standard InChI is InChI=1S/C17H24N2O.ClH/c18-16-7-3-5-13(16)10-17(20)19-11-14-9-8-12-4-1-2-6-15(12)14;/h1-2,4,6,13-14,16H,3,5,7-11,18H2,(H,19,20);1H/t13-,14?,16+;/m0./s1. The quantitative estimate of drug-likeness (QED) is 0.898. The van der Waals surface area contributed by atoms with Crippen molar-refractivity contribution in [1.82, 2.24) is 5.32 Å². The molecule has 3 nitrogen and oxygen atoms in total. The molecule has 1 unspecified atom stereocenters. The van der Waals surface area contributed by atoms with Crippen molar-refractivity contribution in [2.24, 2.45) is 11.7 Å². The molecule has 21 heavy (non-hydrogen) atoms. The third kappa shape index (κ3) is 3.78. The maximum Gasteiger partial charge on any atom is 0.220 e. The number of rotatable bonds is 4. The van der Waals surface area contributed by atoms with Gasteiger partial charge in [-0.3, -0.25) is 4.79 Å². The Bertz CT molecular complexity index is 491. The van der Waals surface area contributed by atoms with E-state index in [1.165, 1.54) is 17.5 Å². The number of carbonyl (C=O) groups excluding carboxylic acids is 1. The van der Waals surface area contributed by atoms with Crippen molar-refractivity contribution < 1.29 is 4.79 Å². The largest absolute Gasteiger partial charge is 0.355 e. The first-order chi connectivity index (χ1) is 9.74. The van der Waals surface area contributed by atoms with Gasteiger partial charge in [-0.1, -0.05) is 30.7 Å². The van der Waals surface area contributed by atoms with Gasteiger partial charge in [-0.05, 0) is 42.7 Å². The zero-order chi connectivity index (χ0) is 13.9. The Balaban J connectivity index is 0.00000161. The lowest BCUT2D eigenvalue weighted by Crippen LogP contribution is -2.33. The van der Waals surface area contributed by atoms with E-state index in [2.05, 4.69) is 29.6 Å². The number of aryl methyl sites for hydroxylation is 1. The Kier molecular flexibility index (Phi) is 5.65. The van der Waals surface area contributed by atoms with Gasteiger partial charge in [-0.25, -0.2) is 0 Å². The molecule has 2 aliphatic rings. The van der Waals surface area contributed by atoms with Gasteiger partial charge in [0.15, 0.2) is 0 Å². The van der Waals surface area contributed by atoms with Gasteiger partial charge in [0.25, 0.3) is 0 Å². The van der Waals surface area contributed by atoms with E-state index in [1.807, 2.05) is 0 Å². The molecule has 3 atom stereocenters. The molecule has 0 heterocycles. The van der Waals surface area contributed by atoms with Crippen LogP contribution in [0.2, 0.25) is 0 Å². The van der Waals surface area contributed by atoms with Crippen LogP contribution in [0.25, 0.3) is 0 Å². The molecule has 4 heteroatoms. The van der Waals surface area contributed by atoms with Gasteiger partial charge in [-0.15, -0.1) is 12.4 Å². The Hall–Kier alpha value is -1.06. The molecule has 116 valence electrons. The summed E-state index contributed by atoms with van der Waals surface area (Å²) in [4.78, 5) is 12.0. The number of halogens is 1. The van der Waals surface area contributed by atoms with Crippen LogP contribution in [-0.2, 0) is 11.2 Å². The molecule has 3 N–H and O–H groups in total. The number of hydrogen-bond acceptors (Lipinski definition) is 2. The van der Waals surface area contributed by atoms with E-state index in [0.717, 1.165) is 32.2 Å². The van der Waals surface area contributed by atoms with E-state index in [9.17, 15) is 4.79 Å². The van der Waals surface area contributed by atoms with Gasteiger partial charge in [0.2, 0.25) is 5.91 Å². The number of fused-ring (bicyclic) bond motifs is 1. The number of nitrogens with two attached hydrogens (primary N) is 1. The van der Waals surface area contributed by atoms with Gasteiger partial charge in [-0.2, -0.15) is 0 Å². The molecule has 1 aromatic carbocycles. The number of nitrogens with one attached hydrogen (secondary N) is 1. The summed E-state index contributed by atoms with van der Waals surface area (Å²) in [5.41, 5.74) is 8.90. The Morgan fingerprint density at radius 2 is 2.05 bits per heavy atom. The number of carbonyl (C=O) groups is 1. The molecule has 0 aromatic heterocycles. The van der Waals surface area contributed by atoms with Crippen molar-refractivity contribution >= 4 is 18.3 Å². The van der Waals surface area contributed by atoms with Gasteiger partial charge >= 0.3 is 0 Å². The molecule has 1 amide bonds. The summed E-state index contributed by atoms with van der Waals surface area (Å²) >= 11 is 0. The predicted molar refractivity (Wildman–Crippen MR) is 87.7 cm³/mol. The zero-order valence-corrected chi connectivity index (χ0v) is 13.2. The summed E-state index contributed by atoms with van der Waals surface area (Å²) < 4.78 is 0. The van der Waals surface area contributed by atoms with E-state index in [4.69, 9.17) is 5.73 Å². The fourth-order valence-electron chi connectivity index (χ4n) is 3.72. The molecule has 1 aromatic rings. The Morgan fingerprint density at radius 3 is 2.81 bits per heavy atom. The third-order valence-corrected chi connectivity index (χ3v) is 4.97. The first kappa shape index (κ1) is 16.3. The van der Waals surface area contributed by atoms with Crippen LogP contribution in [0.4, 0.5) is 0 Å². The van der Waals surface area contributed by atoms with Crippen LogP contribution in [0.3, 0.4) is 0 Å². The van der Waals surface area contributed by atoms with Crippen LogP contribution in [0, 0.1) is 5.92 Å². The van der Waals surface area contributed by atoms with Crippen molar-refractivity contribution in [2.75, 3.05) is 6.54 Å². The minimum atomic E-state index is 0. The molecule has 0 bridgehead atoms. The van der Waals surface area contributed by atoms with Crippen LogP contribution in [0.15, 0.2) is 24.3 Å². The Labute approximate surface area is 133 Å². The highest BCUT2D eigenvalue weighted by molar-refractivity contribution is 5.85. The highest BCUT2D eigenvalue weighted by atomic mass is 35.5. The Morgan fingerprint density at radius 1 is 1.24 bits per heavy atom.